The molecule has 0 saturated carbocycles. The summed E-state index contributed by atoms with van der Waals surface area (Å²) in [6.07, 6.45) is 0.998. The number of amides is 1. The molecule has 1 heterocycles. The number of hydrogen-bond donors (Lipinski definition) is 2. The number of anilines is 2. The molecule has 0 aliphatic rings. The number of aromatic nitrogens is 2. The van der Waals surface area contributed by atoms with E-state index < -0.39 is 5.82 Å². The normalized spacial score (nSPS) is 10.6. The average molecular weight is 326 g/mol. The van der Waals surface area contributed by atoms with Crippen LogP contribution in [-0.2, 0) is 4.79 Å². The van der Waals surface area contributed by atoms with Gasteiger partial charge in [0.2, 0.25) is 5.91 Å². The van der Waals surface area contributed by atoms with Crippen LogP contribution in [0.2, 0.25) is 0 Å². The van der Waals surface area contributed by atoms with Crippen molar-refractivity contribution in [2.45, 2.75) is 24.1 Å². The number of halogens is 1. The molecule has 112 valence electrons. The second-order valence-electron chi connectivity index (χ2n) is 4.35. The predicted octanol–water partition coefficient (Wildman–Crippen LogP) is 3.08. The molecular formula is C13H15FN4OS2. The number of hydrogen-bond acceptors (Lipinski definition) is 6. The molecule has 1 amide bonds. The highest BCUT2D eigenvalue weighted by molar-refractivity contribution is 8.00. The van der Waals surface area contributed by atoms with Crippen LogP contribution >= 0.6 is 23.3 Å². The SMILES string of the molecule is Cc1nsc(SCCCC(=O)Nc2cc(N)ccc2F)n1. The van der Waals surface area contributed by atoms with Crippen LogP contribution in [0.3, 0.4) is 0 Å². The van der Waals surface area contributed by atoms with Gasteiger partial charge < -0.3 is 11.1 Å². The molecular weight excluding hydrogens is 311 g/mol. The zero-order chi connectivity index (χ0) is 15.2. The van der Waals surface area contributed by atoms with Crippen molar-refractivity contribution in [1.82, 2.24) is 9.36 Å². The highest BCUT2D eigenvalue weighted by atomic mass is 32.2. The maximum absolute atomic E-state index is 13.5. The Hall–Kier alpha value is -1.67. The molecule has 21 heavy (non-hydrogen) atoms. The Labute approximate surface area is 130 Å². The minimum atomic E-state index is -0.490. The fourth-order valence-electron chi connectivity index (χ4n) is 1.58. The first-order valence-electron chi connectivity index (χ1n) is 6.32. The van der Waals surface area contributed by atoms with E-state index in [0.717, 1.165) is 15.9 Å². The number of nitrogens with one attached hydrogen (secondary N) is 1. The van der Waals surface area contributed by atoms with E-state index in [2.05, 4.69) is 14.7 Å². The zero-order valence-corrected chi connectivity index (χ0v) is 13.1. The fraction of sp³-hybridized carbons (Fsp3) is 0.308. The Morgan fingerprint density at radius 3 is 3.05 bits per heavy atom. The number of nitrogen functional groups attached to an aromatic ring is 1. The average Bonchev–Trinajstić information content (AvgIpc) is 2.85. The number of rotatable bonds is 6. The van der Waals surface area contributed by atoms with Crippen molar-refractivity contribution in [3.63, 3.8) is 0 Å². The Morgan fingerprint density at radius 2 is 2.33 bits per heavy atom. The quantitative estimate of drug-likeness (QED) is 0.484. The summed E-state index contributed by atoms with van der Waals surface area (Å²) in [6.45, 7) is 1.84. The van der Waals surface area contributed by atoms with Gasteiger partial charge in [0.1, 0.15) is 11.6 Å². The zero-order valence-electron chi connectivity index (χ0n) is 11.4. The van der Waals surface area contributed by atoms with E-state index in [-0.39, 0.29) is 11.6 Å². The van der Waals surface area contributed by atoms with Gasteiger partial charge in [0.25, 0.3) is 0 Å². The van der Waals surface area contributed by atoms with Crippen molar-refractivity contribution < 1.29 is 9.18 Å². The molecule has 1 aromatic heterocycles. The maximum atomic E-state index is 13.5. The number of nitrogens with two attached hydrogens (primary N) is 1. The molecule has 0 aliphatic carbocycles. The molecule has 0 unspecified atom stereocenters. The summed E-state index contributed by atoms with van der Waals surface area (Å²) in [5.41, 5.74) is 6.09. The third-order valence-corrected chi connectivity index (χ3v) is 4.56. The second kappa shape index (κ2) is 7.37. The van der Waals surface area contributed by atoms with Gasteiger partial charge in [-0.1, -0.05) is 11.8 Å². The first-order valence-corrected chi connectivity index (χ1v) is 8.08. The number of benzene rings is 1. The smallest absolute Gasteiger partial charge is 0.224 e. The molecule has 0 spiro atoms. The Morgan fingerprint density at radius 1 is 1.52 bits per heavy atom. The Balaban J connectivity index is 1.73. The summed E-state index contributed by atoms with van der Waals surface area (Å²) in [6, 6.07) is 4.09. The summed E-state index contributed by atoms with van der Waals surface area (Å²) < 4.78 is 18.4. The molecule has 0 radical (unpaired) electrons. The van der Waals surface area contributed by atoms with Crippen LogP contribution in [0.25, 0.3) is 0 Å². The number of nitrogens with zero attached hydrogens (tertiary/aromatic N) is 2. The van der Waals surface area contributed by atoms with Crippen molar-refractivity contribution in [2.24, 2.45) is 0 Å². The van der Waals surface area contributed by atoms with E-state index in [4.69, 9.17) is 5.73 Å². The fourth-order valence-corrected chi connectivity index (χ4v) is 3.24. The third-order valence-electron chi connectivity index (χ3n) is 2.55. The van der Waals surface area contributed by atoms with Crippen LogP contribution < -0.4 is 11.1 Å². The number of aryl methyl sites for hydroxylation is 1. The highest BCUT2D eigenvalue weighted by Crippen LogP contribution is 2.21. The van der Waals surface area contributed by atoms with E-state index in [0.29, 0.717) is 18.5 Å². The van der Waals surface area contributed by atoms with E-state index in [1.54, 1.807) is 11.8 Å². The van der Waals surface area contributed by atoms with Crippen LogP contribution in [-0.4, -0.2) is 21.0 Å². The summed E-state index contributed by atoms with van der Waals surface area (Å²) in [4.78, 5) is 16.0. The van der Waals surface area contributed by atoms with E-state index >= 15 is 0 Å². The van der Waals surface area contributed by atoms with Crippen LogP contribution in [0.15, 0.2) is 22.5 Å². The van der Waals surface area contributed by atoms with Crippen molar-refractivity contribution in [3.8, 4) is 0 Å². The van der Waals surface area contributed by atoms with E-state index in [1.165, 1.54) is 29.7 Å². The van der Waals surface area contributed by atoms with Crippen LogP contribution in [0, 0.1) is 12.7 Å². The molecule has 1 aromatic carbocycles. The minimum Gasteiger partial charge on any atom is -0.399 e. The minimum absolute atomic E-state index is 0.118. The number of carbonyl (C=O) groups is 1. The van der Waals surface area contributed by atoms with E-state index in [1.807, 2.05) is 6.92 Å². The molecule has 3 N–H and O–H groups in total. The molecule has 5 nitrogen and oxygen atoms in total. The van der Waals surface area contributed by atoms with Crippen molar-refractivity contribution in [2.75, 3.05) is 16.8 Å². The second-order valence-corrected chi connectivity index (χ2v) is 6.44. The highest BCUT2D eigenvalue weighted by Gasteiger charge is 2.08. The van der Waals surface area contributed by atoms with Gasteiger partial charge in [-0.3, -0.25) is 4.79 Å². The van der Waals surface area contributed by atoms with Crippen LogP contribution in [0.4, 0.5) is 15.8 Å². The summed E-state index contributed by atoms with van der Waals surface area (Å²) in [5.74, 6) is 0.809. The van der Waals surface area contributed by atoms with Gasteiger partial charge in [0.05, 0.1) is 5.69 Å². The van der Waals surface area contributed by atoms with Gasteiger partial charge >= 0.3 is 0 Å². The van der Waals surface area contributed by atoms with Gasteiger partial charge in [-0.15, -0.1) is 0 Å². The molecule has 8 heteroatoms. The van der Waals surface area contributed by atoms with Gasteiger partial charge in [-0.2, -0.15) is 4.37 Å². The third kappa shape index (κ3) is 4.98. The summed E-state index contributed by atoms with van der Waals surface area (Å²) in [5, 5.41) is 2.53. The maximum Gasteiger partial charge on any atom is 0.224 e. The van der Waals surface area contributed by atoms with Crippen LogP contribution in [0.5, 0.6) is 0 Å². The lowest BCUT2D eigenvalue weighted by molar-refractivity contribution is -0.116. The molecule has 0 saturated heterocycles. The number of thioether (sulfide) groups is 1. The Bertz CT molecular complexity index is 632. The number of carbonyl (C=O) groups excluding carboxylic acids is 1. The van der Waals surface area contributed by atoms with Crippen molar-refractivity contribution in [3.05, 3.63) is 29.8 Å². The molecule has 0 atom stereocenters. The topological polar surface area (TPSA) is 80.9 Å². The molecule has 2 rings (SSSR count). The summed E-state index contributed by atoms with van der Waals surface area (Å²) in [7, 11) is 0. The lowest BCUT2D eigenvalue weighted by Crippen LogP contribution is -2.12. The molecule has 0 bridgehead atoms. The summed E-state index contributed by atoms with van der Waals surface area (Å²) >= 11 is 2.92. The Kier molecular flexibility index (Phi) is 5.51. The molecule has 2 aromatic rings. The van der Waals surface area contributed by atoms with Gasteiger partial charge in [0, 0.05) is 17.9 Å². The van der Waals surface area contributed by atoms with Gasteiger partial charge in [0.15, 0.2) is 4.34 Å². The standard InChI is InChI=1S/C13H15FN4OS2/c1-8-16-13(21-18-8)20-6-2-3-12(19)17-11-7-9(15)4-5-10(11)14/h4-5,7H,2-3,6,15H2,1H3,(H,17,19). The lowest BCUT2D eigenvalue weighted by atomic mass is 10.2. The predicted molar refractivity (Wildman–Crippen MR) is 84.0 cm³/mol. The van der Waals surface area contributed by atoms with Gasteiger partial charge in [-0.25, -0.2) is 9.37 Å². The first-order chi connectivity index (χ1) is 10.0. The largest absolute Gasteiger partial charge is 0.399 e. The van der Waals surface area contributed by atoms with Gasteiger partial charge in [-0.05, 0) is 43.1 Å². The monoisotopic (exact) mass is 326 g/mol. The lowest BCUT2D eigenvalue weighted by Gasteiger charge is -2.07. The first kappa shape index (κ1) is 15.7. The van der Waals surface area contributed by atoms with E-state index in [9.17, 15) is 9.18 Å². The molecule has 0 aliphatic heterocycles. The molecule has 0 fully saturated rings. The van der Waals surface area contributed by atoms with Crippen molar-refractivity contribution in [1.29, 1.82) is 0 Å². The van der Waals surface area contributed by atoms with Crippen LogP contribution in [0.1, 0.15) is 18.7 Å². The van der Waals surface area contributed by atoms with Crippen molar-refractivity contribution >= 4 is 40.6 Å².